The maximum atomic E-state index is 9.09. The Bertz CT molecular complexity index is 624. The molecule has 5 nitrogen and oxygen atoms in total. The lowest BCUT2D eigenvalue weighted by Crippen LogP contribution is -3.00. The molecule has 0 aliphatic heterocycles. The van der Waals surface area contributed by atoms with Crippen LogP contribution >= 0.6 is 0 Å². The van der Waals surface area contributed by atoms with Crippen LogP contribution in [-0.2, 0) is 6.54 Å². The molecule has 1 aromatic carbocycles. The van der Waals surface area contributed by atoms with E-state index in [1.807, 2.05) is 70.4 Å². The Morgan fingerprint density at radius 2 is 1.28 bits per heavy atom. The lowest BCUT2D eigenvalue weighted by atomic mass is 10.1. The summed E-state index contributed by atoms with van der Waals surface area (Å²) in [5.74, 6) is 0. The molecule has 0 saturated carbocycles. The monoisotopic (exact) mass is 456 g/mol. The number of hydrogen-bond acceptors (Lipinski definition) is 4. The number of aliphatic hydroxyl groups is 3. The molecule has 0 fully saturated rings. The van der Waals surface area contributed by atoms with Crippen LogP contribution in [0.5, 0.6) is 0 Å². The molecule has 6 heteroatoms. The first-order valence-corrected chi connectivity index (χ1v) is 8.11. The van der Waals surface area contributed by atoms with Crippen LogP contribution in [0.2, 0.25) is 0 Å². The molecule has 0 aliphatic carbocycles. The van der Waals surface area contributed by atoms with Gasteiger partial charge < -0.3 is 44.2 Å². The number of rotatable bonds is 9. The summed E-state index contributed by atoms with van der Waals surface area (Å²) in [7, 11) is 0. The summed E-state index contributed by atoms with van der Waals surface area (Å²) in [6, 6.07) is 12.0. The number of anilines is 1. The summed E-state index contributed by atoms with van der Waals surface area (Å²) < 4.78 is 1.93. The van der Waals surface area contributed by atoms with Crippen molar-refractivity contribution in [3.63, 3.8) is 0 Å². The highest BCUT2D eigenvalue weighted by Crippen LogP contribution is 2.16. The second kappa shape index (κ2) is 12.0. The Morgan fingerprint density at radius 3 is 1.76 bits per heavy atom. The zero-order valence-electron chi connectivity index (χ0n) is 14.1. The molecule has 0 atom stereocenters. The molecule has 0 unspecified atom stereocenters. The van der Waals surface area contributed by atoms with Crippen LogP contribution in [0.1, 0.15) is 11.1 Å². The van der Waals surface area contributed by atoms with E-state index in [0.717, 1.165) is 16.8 Å². The third-order valence-electron chi connectivity index (χ3n) is 3.74. The van der Waals surface area contributed by atoms with Crippen LogP contribution in [0.4, 0.5) is 5.69 Å². The summed E-state index contributed by atoms with van der Waals surface area (Å²) in [6.07, 6.45) is 7.97. The highest BCUT2D eigenvalue weighted by Gasteiger charge is 2.04. The quantitative estimate of drug-likeness (QED) is 0.300. The molecule has 0 radical (unpaired) electrons. The van der Waals surface area contributed by atoms with Crippen molar-refractivity contribution in [2.24, 2.45) is 0 Å². The minimum Gasteiger partial charge on any atom is -1.00 e. The molecule has 2 rings (SSSR count). The fourth-order valence-corrected chi connectivity index (χ4v) is 2.44. The number of aromatic nitrogens is 1. The molecular formula is C19H25IN2O3. The second-order valence-corrected chi connectivity index (χ2v) is 5.45. The predicted octanol–water partition coefficient (Wildman–Crippen LogP) is -2.07. The predicted molar refractivity (Wildman–Crippen MR) is 95.5 cm³/mol. The van der Waals surface area contributed by atoms with E-state index in [-0.39, 0.29) is 43.8 Å². The van der Waals surface area contributed by atoms with Crippen molar-refractivity contribution in [3.05, 3.63) is 59.9 Å². The lowest BCUT2D eigenvalue weighted by Gasteiger charge is -2.22. The number of nitrogens with zero attached hydrogens (tertiary/aromatic N) is 2. The van der Waals surface area contributed by atoms with Gasteiger partial charge in [-0.2, -0.15) is 0 Å². The number of hydrogen-bond donors (Lipinski definition) is 3. The molecule has 0 aliphatic rings. The van der Waals surface area contributed by atoms with E-state index in [2.05, 4.69) is 0 Å². The highest BCUT2D eigenvalue weighted by atomic mass is 127. The van der Waals surface area contributed by atoms with Crippen LogP contribution in [0.25, 0.3) is 12.2 Å². The molecule has 3 N–H and O–H groups in total. The van der Waals surface area contributed by atoms with E-state index in [0.29, 0.717) is 19.6 Å². The van der Waals surface area contributed by atoms with Crippen LogP contribution in [0.3, 0.4) is 0 Å². The van der Waals surface area contributed by atoms with Gasteiger partial charge in [-0.3, -0.25) is 0 Å². The Hall–Kier alpha value is -1.48. The Labute approximate surface area is 165 Å². The SMILES string of the molecule is OCCN(CCO)c1ccc(/C=C/c2cc[n+](CCO)cc2)cc1.[I-]. The average Bonchev–Trinajstić information content (AvgIpc) is 2.62. The number of pyridine rings is 1. The number of aliphatic hydroxyl groups excluding tert-OH is 3. The Balaban J connectivity index is 0.00000312. The Morgan fingerprint density at radius 1 is 0.760 bits per heavy atom. The van der Waals surface area contributed by atoms with Crippen LogP contribution in [-0.4, -0.2) is 48.2 Å². The van der Waals surface area contributed by atoms with E-state index in [4.69, 9.17) is 15.3 Å². The molecule has 25 heavy (non-hydrogen) atoms. The lowest BCUT2D eigenvalue weighted by molar-refractivity contribution is -0.698. The van der Waals surface area contributed by atoms with Gasteiger partial charge in [-0.25, -0.2) is 4.57 Å². The van der Waals surface area contributed by atoms with Gasteiger partial charge in [0.05, 0.1) is 13.2 Å². The van der Waals surface area contributed by atoms with Crippen molar-refractivity contribution in [1.82, 2.24) is 0 Å². The van der Waals surface area contributed by atoms with Crippen molar-refractivity contribution < 1.29 is 43.9 Å². The highest BCUT2D eigenvalue weighted by molar-refractivity contribution is 5.70. The van der Waals surface area contributed by atoms with E-state index >= 15 is 0 Å². The van der Waals surface area contributed by atoms with E-state index in [1.165, 1.54) is 0 Å². The van der Waals surface area contributed by atoms with Crippen LogP contribution < -0.4 is 33.4 Å². The molecule has 1 heterocycles. The fourth-order valence-electron chi connectivity index (χ4n) is 2.44. The van der Waals surface area contributed by atoms with Crippen molar-refractivity contribution in [2.45, 2.75) is 6.54 Å². The topological polar surface area (TPSA) is 67.8 Å². The van der Waals surface area contributed by atoms with Crippen LogP contribution in [0, 0.1) is 0 Å². The fraction of sp³-hybridized carbons (Fsp3) is 0.316. The standard InChI is InChI=1S/C19H25N2O3.HI/c22-14-11-20-9-7-18(8-10-20)2-1-17-3-5-19(6-4-17)21(12-15-23)13-16-24;/h1-10,22-24H,11-16H2;1H/q+1;/p-1. The van der Waals surface area contributed by atoms with E-state index in [9.17, 15) is 0 Å². The van der Waals surface area contributed by atoms with E-state index < -0.39 is 0 Å². The van der Waals surface area contributed by atoms with Gasteiger partial charge in [0.2, 0.25) is 0 Å². The first kappa shape index (κ1) is 21.6. The summed E-state index contributed by atoms with van der Waals surface area (Å²) >= 11 is 0. The molecule has 136 valence electrons. The normalized spacial score (nSPS) is 10.7. The molecule has 2 aromatic rings. The minimum absolute atomic E-state index is 0. The third kappa shape index (κ3) is 7.11. The maximum absolute atomic E-state index is 9.09. The largest absolute Gasteiger partial charge is 1.00 e. The van der Waals surface area contributed by atoms with Crippen molar-refractivity contribution in [3.8, 4) is 0 Å². The van der Waals surface area contributed by atoms with Gasteiger partial charge in [-0.15, -0.1) is 0 Å². The van der Waals surface area contributed by atoms with Gasteiger partial charge in [-0.1, -0.05) is 24.3 Å². The third-order valence-corrected chi connectivity index (χ3v) is 3.74. The molecule has 0 spiro atoms. The zero-order valence-corrected chi connectivity index (χ0v) is 16.3. The van der Waals surface area contributed by atoms with Crippen molar-refractivity contribution >= 4 is 17.8 Å². The van der Waals surface area contributed by atoms with E-state index in [1.54, 1.807) is 0 Å². The van der Waals surface area contributed by atoms with Gasteiger partial charge in [0.15, 0.2) is 18.9 Å². The average molecular weight is 456 g/mol. The smallest absolute Gasteiger partial charge is 0.171 e. The zero-order chi connectivity index (χ0) is 17.2. The van der Waals surface area contributed by atoms with Gasteiger partial charge >= 0.3 is 0 Å². The number of benzene rings is 1. The van der Waals surface area contributed by atoms with Gasteiger partial charge in [0, 0.05) is 30.9 Å². The second-order valence-electron chi connectivity index (χ2n) is 5.45. The van der Waals surface area contributed by atoms with Gasteiger partial charge in [0.25, 0.3) is 0 Å². The first-order chi connectivity index (χ1) is 11.8. The molecule has 0 bridgehead atoms. The summed E-state index contributed by atoms with van der Waals surface area (Å²) in [6.45, 7) is 1.87. The number of halogens is 1. The summed E-state index contributed by atoms with van der Waals surface area (Å²) in [5.41, 5.74) is 3.16. The first-order valence-electron chi connectivity index (χ1n) is 8.11. The van der Waals surface area contributed by atoms with Crippen LogP contribution in [0.15, 0.2) is 48.8 Å². The molecule has 1 aromatic heterocycles. The molecule has 0 amide bonds. The van der Waals surface area contributed by atoms with Gasteiger partial charge in [-0.05, 0) is 23.3 Å². The maximum Gasteiger partial charge on any atom is 0.171 e. The summed E-state index contributed by atoms with van der Waals surface area (Å²) in [4.78, 5) is 1.95. The van der Waals surface area contributed by atoms with Crippen molar-refractivity contribution in [1.29, 1.82) is 0 Å². The molecular weight excluding hydrogens is 431 g/mol. The van der Waals surface area contributed by atoms with Crippen molar-refractivity contribution in [2.75, 3.05) is 37.8 Å². The summed E-state index contributed by atoms with van der Waals surface area (Å²) in [5, 5.41) is 27.1. The molecule has 0 saturated heterocycles. The Kier molecular flexibility index (Phi) is 10.3. The van der Waals surface area contributed by atoms with Gasteiger partial charge in [0.1, 0.15) is 6.61 Å². The minimum atomic E-state index is 0.